The highest BCUT2D eigenvalue weighted by Crippen LogP contribution is 2.22. The van der Waals surface area contributed by atoms with Crippen LogP contribution in [0, 0.1) is 6.92 Å². The van der Waals surface area contributed by atoms with Crippen LogP contribution in [0.2, 0.25) is 0 Å². The fourth-order valence-corrected chi connectivity index (χ4v) is 2.49. The van der Waals surface area contributed by atoms with Gasteiger partial charge in [0, 0.05) is 18.7 Å². The van der Waals surface area contributed by atoms with E-state index in [0.29, 0.717) is 6.04 Å². The van der Waals surface area contributed by atoms with E-state index < -0.39 is 0 Å². The molecule has 0 radical (unpaired) electrons. The molecule has 19 heavy (non-hydrogen) atoms. The van der Waals surface area contributed by atoms with Gasteiger partial charge in [-0.25, -0.2) is 9.97 Å². The number of anilines is 2. The molecule has 1 heterocycles. The van der Waals surface area contributed by atoms with Crippen molar-refractivity contribution in [3.63, 3.8) is 0 Å². The van der Waals surface area contributed by atoms with Crippen molar-refractivity contribution in [3.05, 3.63) is 11.9 Å². The molecule has 1 fully saturated rings. The van der Waals surface area contributed by atoms with Crippen LogP contribution in [0.1, 0.15) is 37.9 Å². The summed E-state index contributed by atoms with van der Waals surface area (Å²) in [4.78, 5) is 8.89. The van der Waals surface area contributed by atoms with Gasteiger partial charge in [0.15, 0.2) is 0 Å². The first-order valence-electron chi connectivity index (χ1n) is 7.28. The zero-order valence-corrected chi connectivity index (χ0v) is 12.0. The summed E-state index contributed by atoms with van der Waals surface area (Å²) in [5, 5.41) is 10.0. The molecule has 0 aliphatic heterocycles. The van der Waals surface area contributed by atoms with Crippen LogP contribution < -0.4 is 16.0 Å². The predicted octanol–water partition coefficient (Wildman–Crippen LogP) is 2.16. The predicted molar refractivity (Wildman–Crippen MR) is 79.7 cm³/mol. The van der Waals surface area contributed by atoms with Gasteiger partial charge in [-0.3, -0.25) is 0 Å². The Morgan fingerprint density at radius 2 is 1.89 bits per heavy atom. The number of nitrogens with one attached hydrogen (secondary N) is 3. The molecule has 0 saturated heterocycles. The summed E-state index contributed by atoms with van der Waals surface area (Å²) < 4.78 is 0. The van der Waals surface area contributed by atoms with Crippen LogP contribution >= 0.6 is 0 Å². The molecule has 5 heteroatoms. The largest absolute Gasteiger partial charge is 0.370 e. The molecule has 1 saturated carbocycles. The first-order chi connectivity index (χ1) is 9.28. The van der Waals surface area contributed by atoms with Gasteiger partial charge in [0.05, 0.1) is 0 Å². The molecule has 5 nitrogen and oxygen atoms in total. The van der Waals surface area contributed by atoms with E-state index in [-0.39, 0.29) is 0 Å². The maximum atomic E-state index is 4.47. The van der Waals surface area contributed by atoms with Crippen LogP contribution in [-0.4, -0.2) is 36.1 Å². The summed E-state index contributed by atoms with van der Waals surface area (Å²) in [6.07, 6.45) is 6.26. The van der Waals surface area contributed by atoms with E-state index in [1.807, 2.05) is 20.0 Å². The van der Waals surface area contributed by atoms with Crippen molar-refractivity contribution in [2.24, 2.45) is 0 Å². The standard InChI is InChI=1S/C14H25N5/c1-11-17-13(16-9-5-8-15-2)10-14(18-11)19-12-6-3-4-7-12/h10,12,15H,3-9H2,1-2H3,(H2,16,17,18,19). The first-order valence-corrected chi connectivity index (χ1v) is 7.28. The van der Waals surface area contributed by atoms with Gasteiger partial charge in [0.1, 0.15) is 17.5 Å². The van der Waals surface area contributed by atoms with Crippen molar-refractivity contribution in [1.29, 1.82) is 0 Å². The highest BCUT2D eigenvalue weighted by molar-refractivity contribution is 5.48. The average Bonchev–Trinajstić information content (AvgIpc) is 2.87. The summed E-state index contributed by atoms with van der Waals surface area (Å²) in [6, 6.07) is 2.61. The fourth-order valence-electron chi connectivity index (χ4n) is 2.49. The lowest BCUT2D eigenvalue weighted by atomic mass is 10.2. The van der Waals surface area contributed by atoms with Crippen LogP contribution in [0.25, 0.3) is 0 Å². The van der Waals surface area contributed by atoms with Crippen LogP contribution in [0.15, 0.2) is 6.07 Å². The third-order valence-corrected chi connectivity index (χ3v) is 3.45. The van der Waals surface area contributed by atoms with Crippen LogP contribution in [0.5, 0.6) is 0 Å². The Hall–Kier alpha value is -1.36. The first kappa shape index (κ1) is 14.1. The summed E-state index contributed by atoms with van der Waals surface area (Å²) >= 11 is 0. The number of aromatic nitrogens is 2. The zero-order valence-electron chi connectivity index (χ0n) is 12.0. The molecule has 1 aromatic rings. The highest BCUT2D eigenvalue weighted by atomic mass is 15.1. The van der Waals surface area contributed by atoms with Crippen molar-refractivity contribution >= 4 is 11.6 Å². The molecule has 0 unspecified atom stereocenters. The van der Waals surface area contributed by atoms with E-state index in [1.165, 1.54) is 25.7 Å². The number of rotatable bonds is 7. The van der Waals surface area contributed by atoms with E-state index in [9.17, 15) is 0 Å². The Morgan fingerprint density at radius 1 is 1.16 bits per heavy atom. The second kappa shape index (κ2) is 7.28. The van der Waals surface area contributed by atoms with Crippen molar-refractivity contribution in [3.8, 4) is 0 Å². The van der Waals surface area contributed by atoms with Gasteiger partial charge in [0.2, 0.25) is 0 Å². The quantitative estimate of drug-likeness (QED) is 0.658. The minimum absolute atomic E-state index is 0.589. The van der Waals surface area contributed by atoms with Crippen molar-refractivity contribution < 1.29 is 0 Å². The molecule has 0 bridgehead atoms. The maximum absolute atomic E-state index is 4.47. The topological polar surface area (TPSA) is 61.9 Å². The van der Waals surface area contributed by atoms with Gasteiger partial charge >= 0.3 is 0 Å². The van der Waals surface area contributed by atoms with Crippen molar-refractivity contribution in [1.82, 2.24) is 15.3 Å². The summed E-state index contributed by atoms with van der Waals surface area (Å²) in [5.74, 6) is 2.69. The number of aryl methyl sites for hydroxylation is 1. The Morgan fingerprint density at radius 3 is 2.63 bits per heavy atom. The molecule has 0 spiro atoms. The third kappa shape index (κ3) is 4.67. The molecule has 0 amide bonds. The monoisotopic (exact) mass is 263 g/mol. The molecule has 106 valence electrons. The number of hydrogen-bond donors (Lipinski definition) is 3. The summed E-state index contributed by atoms with van der Waals surface area (Å²) in [7, 11) is 1.97. The second-order valence-electron chi connectivity index (χ2n) is 5.20. The maximum Gasteiger partial charge on any atom is 0.132 e. The summed E-state index contributed by atoms with van der Waals surface area (Å²) in [5.41, 5.74) is 0. The van der Waals surface area contributed by atoms with Crippen molar-refractivity contribution in [2.75, 3.05) is 30.8 Å². The van der Waals surface area contributed by atoms with E-state index in [4.69, 9.17) is 0 Å². The molecule has 2 rings (SSSR count). The Balaban J connectivity index is 1.90. The lowest BCUT2D eigenvalue weighted by Gasteiger charge is -2.14. The van der Waals surface area contributed by atoms with E-state index >= 15 is 0 Å². The van der Waals surface area contributed by atoms with Crippen LogP contribution in [0.4, 0.5) is 11.6 Å². The zero-order chi connectivity index (χ0) is 13.5. The highest BCUT2D eigenvalue weighted by Gasteiger charge is 2.15. The van der Waals surface area contributed by atoms with Gasteiger partial charge in [-0.1, -0.05) is 12.8 Å². The second-order valence-corrected chi connectivity index (χ2v) is 5.20. The Kier molecular flexibility index (Phi) is 5.39. The van der Waals surface area contributed by atoms with E-state index in [1.54, 1.807) is 0 Å². The minimum atomic E-state index is 0.589. The lowest BCUT2D eigenvalue weighted by molar-refractivity contribution is 0.743. The number of hydrogen-bond acceptors (Lipinski definition) is 5. The molecular formula is C14H25N5. The van der Waals surface area contributed by atoms with E-state index in [0.717, 1.165) is 37.0 Å². The fraction of sp³-hybridized carbons (Fsp3) is 0.714. The molecule has 1 aromatic heterocycles. The van der Waals surface area contributed by atoms with Gasteiger partial charge in [-0.05, 0) is 39.8 Å². The number of nitrogens with zero attached hydrogens (tertiary/aromatic N) is 2. The SMILES string of the molecule is CNCCCNc1cc(NC2CCCC2)nc(C)n1. The molecule has 0 aromatic carbocycles. The molecule has 1 aliphatic rings. The Bertz CT molecular complexity index is 387. The smallest absolute Gasteiger partial charge is 0.132 e. The van der Waals surface area contributed by atoms with Gasteiger partial charge in [-0.2, -0.15) is 0 Å². The van der Waals surface area contributed by atoms with Crippen molar-refractivity contribution in [2.45, 2.75) is 45.1 Å². The van der Waals surface area contributed by atoms with Gasteiger partial charge < -0.3 is 16.0 Å². The molecular weight excluding hydrogens is 238 g/mol. The normalized spacial score (nSPS) is 15.7. The van der Waals surface area contributed by atoms with Gasteiger partial charge in [0.25, 0.3) is 0 Å². The Labute approximate surface area is 115 Å². The van der Waals surface area contributed by atoms with E-state index in [2.05, 4.69) is 25.9 Å². The van der Waals surface area contributed by atoms with Crippen LogP contribution in [0.3, 0.4) is 0 Å². The third-order valence-electron chi connectivity index (χ3n) is 3.45. The lowest BCUT2D eigenvalue weighted by Crippen LogP contribution is -2.17. The molecule has 3 N–H and O–H groups in total. The van der Waals surface area contributed by atoms with Crippen LogP contribution in [-0.2, 0) is 0 Å². The molecule has 0 atom stereocenters. The average molecular weight is 263 g/mol. The summed E-state index contributed by atoms with van der Waals surface area (Å²) in [6.45, 7) is 3.89. The van der Waals surface area contributed by atoms with Gasteiger partial charge in [-0.15, -0.1) is 0 Å². The minimum Gasteiger partial charge on any atom is -0.370 e. The molecule has 1 aliphatic carbocycles.